The van der Waals surface area contributed by atoms with Gasteiger partial charge in [0.2, 0.25) is 0 Å². The Labute approximate surface area is 350 Å². The van der Waals surface area contributed by atoms with Crippen molar-refractivity contribution in [2.45, 2.75) is 78.6 Å². The molecule has 0 fully saturated rings. The first kappa shape index (κ1) is 38.2. The van der Waals surface area contributed by atoms with E-state index in [1.165, 1.54) is 44.5 Å². The maximum atomic E-state index is 4.98. The Kier molecular flexibility index (Phi) is 9.19. The quantitative estimate of drug-likeness (QED) is 0.168. The van der Waals surface area contributed by atoms with Gasteiger partial charge in [0.05, 0.1) is 22.4 Å². The van der Waals surface area contributed by atoms with Gasteiger partial charge in [0, 0.05) is 45.4 Å². The van der Waals surface area contributed by atoms with Gasteiger partial charge in [-0.05, 0) is 118 Å². The molecule has 8 aromatic rings. The summed E-state index contributed by atoms with van der Waals surface area (Å²) in [6, 6.07) is 55.9. The molecule has 1 aliphatic heterocycles. The molecule has 9 rings (SSSR count). The van der Waals surface area contributed by atoms with Crippen molar-refractivity contribution in [2.75, 3.05) is 21.4 Å². The summed E-state index contributed by atoms with van der Waals surface area (Å²) in [6.07, 6.45) is 1.95. The Hall–Kier alpha value is -6.33. The molecule has 0 saturated carbocycles. The Bertz CT molecular complexity index is 2830. The standard InChI is InChI=1S/C54H55N5/c1-52(2,3)37-18-17-21-41(30-37)56-36-57(49-25-16-15-24-48(49)56)43-31-39(54(7,8)9)32-44(34-43)58(40-19-11-10-12-20-40)42-26-27-46-45-22-13-14-23-47(45)59(50(46)35-42)51-33-38(28-29-55-51)53(4,5)6/h10-35H,36H2,1-9H3. The number of rotatable bonds is 6. The van der Waals surface area contributed by atoms with Gasteiger partial charge in [-0.2, -0.15) is 0 Å². The molecule has 0 atom stereocenters. The van der Waals surface area contributed by atoms with E-state index in [0.29, 0.717) is 6.67 Å². The van der Waals surface area contributed by atoms with E-state index in [2.05, 4.69) is 233 Å². The monoisotopic (exact) mass is 773 g/mol. The lowest BCUT2D eigenvalue weighted by atomic mass is 9.86. The first-order valence-electron chi connectivity index (χ1n) is 20.9. The van der Waals surface area contributed by atoms with Crippen molar-refractivity contribution in [1.82, 2.24) is 9.55 Å². The highest BCUT2D eigenvalue weighted by Crippen LogP contribution is 2.48. The van der Waals surface area contributed by atoms with Gasteiger partial charge < -0.3 is 14.7 Å². The summed E-state index contributed by atoms with van der Waals surface area (Å²) in [5, 5.41) is 2.42. The number of fused-ring (bicyclic) bond motifs is 4. The first-order valence-corrected chi connectivity index (χ1v) is 20.9. The number of nitrogens with zero attached hydrogens (tertiary/aromatic N) is 5. The highest BCUT2D eigenvalue weighted by atomic mass is 15.4. The van der Waals surface area contributed by atoms with Gasteiger partial charge in [0.25, 0.3) is 0 Å². The average Bonchev–Trinajstić information content (AvgIpc) is 3.77. The molecule has 0 spiro atoms. The lowest BCUT2D eigenvalue weighted by Crippen LogP contribution is -2.25. The third kappa shape index (κ3) is 7.03. The summed E-state index contributed by atoms with van der Waals surface area (Å²) in [6.45, 7) is 21.3. The lowest BCUT2D eigenvalue weighted by molar-refractivity contribution is 0.588. The van der Waals surface area contributed by atoms with E-state index in [0.717, 1.165) is 39.6 Å². The van der Waals surface area contributed by atoms with Gasteiger partial charge >= 0.3 is 0 Å². The fraction of sp³-hybridized carbons (Fsp3) is 0.241. The average molecular weight is 774 g/mol. The van der Waals surface area contributed by atoms with E-state index in [9.17, 15) is 0 Å². The summed E-state index contributed by atoms with van der Waals surface area (Å²) in [7, 11) is 0. The second kappa shape index (κ2) is 14.2. The number of aromatic nitrogens is 2. The minimum Gasteiger partial charge on any atom is -0.321 e. The topological polar surface area (TPSA) is 27.5 Å². The molecule has 3 heterocycles. The molecule has 6 aromatic carbocycles. The zero-order valence-electron chi connectivity index (χ0n) is 36.0. The second-order valence-electron chi connectivity index (χ2n) is 19.2. The first-order chi connectivity index (χ1) is 28.1. The summed E-state index contributed by atoms with van der Waals surface area (Å²) in [4.78, 5) is 12.3. The van der Waals surface area contributed by atoms with Crippen LogP contribution in [0.25, 0.3) is 27.6 Å². The van der Waals surface area contributed by atoms with Crippen LogP contribution in [-0.2, 0) is 16.2 Å². The Morgan fingerprint density at radius 1 is 0.441 bits per heavy atom. The smallest absolute Gasteiger partial charge is 0.137 e. The van der Waals surface area contributed by atoms with Crippen molar-refractivity contribution < 1.29 is 0 Å². The largest absolute Gasteiger partial charge is 0.321 e. The van der Waals surface area contributed by atoms with Crippen LogP contribution in [0.3, 0.4) is 0 Å². The van der Waals surface area contributed by atoms with E-state index in [4.69, 9.17) is 4.98 Å². The number of hydrogen-bond acceptors (Lipinski definition) is 4. The molecule has 0 unspecified atom stereocenters. The molecule has 0 saturated heterocycles. The third-order valence-corrected chi connectivity index (χ3v) is 11.9. The molecule has 0 bridgehead atoms. The SMILES string of the molecule is CC(C)(C)c1cccc(N2CN(c3cc(N(c4ccccc4)c4ccc5c6ccccc6n(-c6cc(C(C)(C)C)ccn6)c5c4)cc(C(C)(C)C)c3)c3ccccc32)c1. The van der Waals surface area contributed by atoms with Crippen molar-refractivity contribution in [3.05, 3.63) is 175 Å². The number of para-hydroxylation sites is 4. The second-order valence-corrected chi connectivity index (χ2v) is 19.2. The summed E-state index contributed by atoms with van der Waals surface area (Å²) in [5.74, 6) is 0.925. The molecule has 59 heavy (non-hydrogen) atoms. The molecule has 1 aliphatic rings. The van der Waals surface area contributed by atoms with E-state index < -0.39 is 0 Å². The predicted molar refractivity (Wildman–Crippen MR) is 251 cm³/mol. The highest BCUT2D eigenvalue weighted by Gasteiger charge is 2.31. The van der Waals surface area contributed by atoms with E-state index >= 15 is 0 Å². The third-order valence-electron chi connectivity index (χ3n) is 11.9. The van der Waals surface area contributed by atoms with Gasteiger partial charge in [-0.1, -0.05) is 129 Å². The van der Waals surface area contributed by atoms with Gasteiger partial charge in [-0.25, -0.2) is 4.98 Å². The van der Waals surface area contributed by atoms with Crippen LogP contribution < -0.4 is 14.7 Å². The maximum Gasteiger partial charge on any atom is 0.137 e. The van der Waals surface area contributed by atoms with Crippen LogP contribution in [0.1, 0.15) is 79.0 Å². The normalized spacial score (nSPS) is 13.4. The fourth-order valence-corrected chi connectivity index (χ4v) is 8.49. The van der Waals surface area contributed by atoms with Crippen LogP contribution >= 0.6 is 0 Å². The zero-order valence-corrected chi connectivity index (χ0v) is 36.0. The Balaban J connectivity index is 1.23. The van der Waals surface area contributed by atoms with E-state index in [1.807, 2.05) is 6.20 Å². The number of pyridine rings is 1. The molecule has 5 heteroatoms. The summed E-state index contributed by atoms with van der Waals surface area (Å²) < 4.78 is 2.34. The number of anilines is 7. The van der Waals surface area contributed by atoms with Crippen LogP contribution in [0.5, 0.6) is 0 Å². The molecule has 2 aromatic heterocycles. The molecular weight excluding hydrogens is 719 g/mol. The van der Waals surface area contributed by atoms with Crippen LogP contribution in [0.2, 0.25) is 0 Å². The van der Waals surface area contributed by atoms with Crippen molar-refractivity contribution in [3.63, 3.8) is 0 Å². The summed E-state index contributed by atoms with van der Waals surface area (Å²) in [5.41, 5.74) is 14.1. The maximum absolute atomic E-state index is 4.98. The molecular formula is C54H55N5. The highest BCUT2D eigenvalue weighted by molar-refractivity contribution is 6.10. The van der Waals surface area contributed by atoms with Gasteiger partial charge in [-0.3, -0.25) is 4.57 Å². The van der Waals surface area contributed by atoms with Gasteiger partial charge in [0.1, 0.15) is 12.5 Å². The van der Waals surface area contributed by atoms with Crippen LogP contribution in [0, 0.1) is 0 Å². The van der Waals surface area contributed by atoms with Crippen LogP contribution in [0.15, 0.2) is 158 Å². The van der Waals surface area contributed by atoms with Crippen LogP contribution in [-0.4, -0.2) is 16.2 Å². The number of hydrogen-bond donors (Lipinski definition) is 0. The molecule has 296 valence electrons. The molecule has 0 aliphatic carbocycles. The Morgan fingerprint density at radius 2 is 1.05 bits per heavy atom. The lowest BCUT2D eigenvalue weighted by Gasteiger charge is -2.31. The summed E-state index contributed by atoms with van der Waals surface area (Å²) >= 11 is 0. The molecule has 0 amide bonds. The van der Waals surface area contributed by atoms with E-state index in [-0.39, 0.29) is 16.2 Å². The minimum absolute atomic E-state index is 0.00908. The van der Waals surface area contributed by atoms with E-state index in [1.54, 1.807) is 0 Å². The molecule has 0 radical (unpaired) electrons. The van der Waals surface area contributed by atoms with Crippen LogP contribution in [0.4, 0.5) is 39.8 Å². The van der Waals surface area contributed by atoms with Crippen molar-refractivity contribution in [1.29, 1.82) is 0 Å². The Morgan fingerprint density at radius 3 is 1.76 bits per heavy atom. The van der Waals surface area contributed by atoms with Crippen molar-refractivity contribution in [2.24, 2.45) is 0 Å². The minimum atomic E-state index is -0.104. The number of benzene rings is 6. The fourth-order valence-electron chi connectivity index (χ4n) is 8.49. The molecule has 0 N–H and O–H groups in total. The zero-order chi connectivity index (χ0) is 41.3. The van der Waals surface area contributed by atoms with Gasteiger partial charge in [0.15, 0.2) is 0 Å². The van der Waals surface area contributed by atoms with Crippen molar-refractivity contribution in [3.8, 4) is 5.82 Å². The van der Waals surface area contributed by atoms with Crippen molar-refractivity contribution >= 4 is 61.6 Å². The molecule has 5 nitrogen and oxygen atoms in total. The predicted octanol–water partition coefficient (Wildman–Crippen LogP) is 14.8. The van der Waals surface area contributed by atoms with Gasteiger partial charge in [-0.15, -0.1) is 0 Å².